The van der Waals surface area contributed by atoms with Gasteiger partial charge in [0, 0.05) is 17.3 Å². The quantitative estimate of drug-likeness (QED) is 0.907. The molecule has 1 unspecified atom stereocenters. The predicted molar refractivity (Wildman–Crippen MR) is 78.0 cm³/mol. The average molecular weight is 292 g/mol. The Morgan fingerprint density at radius 1 is 1.30 bits per heavy atom. The maximum absolute atomic E-state index is 9.43. The molecule has 2 aromatic carbocycles. The molecule has 0 spiro atoms. The summed E-state index contributed by atoms with van der Waals surface area (Å²) in [6.45, 7) is 0.516. The van der Waals surface area contributed by atoms with Crippen molar-refractivity contribution in [2.45, 2.75) is 6.04 Å². The van der Waals surface area contributed by atoms with Crippen LogP contribution in [-0.4, -0.2) is 18.8 Å². The van der Waals surface area contributed by atoms with Crippen molar-refractivity contribution in [2.75, 3.05) is 19.0 Å². The third-order valence-electron chi connectivity index (χ3n) is 3.27. The van der Waals surface area contributed by atoms with Crippen molar-refractivity contribution in [2.24, 2.45) is 0 Å². The van der Waals surface area contributed by atoms with Crippen LogP contribution in [0, 0.1) is 0 Å². The normalized spacial score (nSPS) is 16.4. The number of rotatable bonds is 3. The Morgan fingerprint density at radius 3 is 2.90 bits per heavy atom. The van der Waals surface area contributed by atoms with Gasteiger partial charge in [0.05, 0.1) is 18.2 Å². The number of methoxy groups -OCH3 is 1. The number of halogens is 1. The molecule has 104 valence electrons. The minimum atomic E-state index is 0.0371. The molecule has 2 N–H and O–H groups in total. The smallest absolute Gasteiger partial charge is 0.137 e. The Morgan fingerprint density at radius 2 is 2.15 bits per heavy atom. The molecule has 20 heavy (non-hydrogen) atoms. The van der Waals surface area contributed by atoms with Crippen LogP contribution in [0.4, 0.5) is 5.69 Å². The summed E-state index contributed by atoms with van der Waals surface area (Å²) < 4.78 is 10.7. The van der Waals surface area contributed by atoms with Crippen molar-refractivity contribution in [1.82, 2.24) is 0 Å². The number of hydrogen-bond donors (Lipinski definition) is 2. The maximum atomic E-state index is 9.43. The fourth-order valence-electron chi connectivity index (χ4n) is 2.28. The van der Waals surface area contributed by atoms with E-state index < -0.39 is 0 Å². The number of anilines is 1. The Bertz CT molecular complexity index is 645. The van der Waals surface area contributed by atoms with E-state index in [2.05, 4.69) is 5.32 Å². The van der Waals surface area contributed by atoms with Gasteiger partial charge in [0.1, 0.15) is 23.9 Å². The number of nitrogens with one attached hydrogen (secondary N) is 1. The van der Waals surface area contributed by atoms with Crippen molar-refractivity contribution in [3.63, 3.8) is 0 Å². The van der Waals surface area contributed by atoms with Gasteiger partial charge >= 0.3 is 0 Å². The minimum absolute atomic E-state index is 0.0371. The predicted octanol–water partition coefficient (Wildman–Crippen LogP) is 3.60. The molecule has 0 bridgehead atoms. The zero-order valence-corrected chi connectivity index (χ0v) is 11.6. The van der Waals surface area contributed by atoms with Crippen LogP contribution in [0.25, 0.3) is 0 Å². The topological polar surface area (TPSA) is 50.7 Å². The molecule has 1 aliphatic heterocycles. The second-order valence-electron chi connectivity index (χ2n) is 4.58. The SMILES string of the molecule is COc1ccc(NC2COc3cc(O)ccc32)cc1Cl. The second-order valence-corrected chi connectivity index (χ2v) is 4.99. The number of hydrogen-bond acceptors (Lipinski definition) is 4. The first-order chi connectivity index (χ1) is 9.67. The lowest BCUT2D eigenvalue weighted by Crippen LogP contribution is -2.11. The molecule has 0 radical (unpaired) electrons. The van der Waals surface area contributed by atoms with E-state index in [9.17, 15) is 5.11 Å². The van der Waals surface area contributed by atoms with Crippen LogP contribution in [0.5, 0.6) is 17.2 Å². The maximum Gasteiger partial charge on any atom is 0.137 e. The molecule has 1 aliphatic rings. The summed E-state index contributed by atoms with van der Waals surface area (Å²) >= 11 is 6.11. The van der Waals surface area contributed by atoms with Crippen LogP contribution in [-0.2, 0) is 0 Å². The van der Waals surface area contributed by atoms with Gasteiger partial charge in [-0.1, -0.05) is 11.6 Å². The zero-order valence-electron chi connectivity index (χ0n) is 10.9. The summed E-state index contributed by atoms with van der Waals surface area (Å²) in [4.78, 5) is 0. The van der Waals surface area contributed by atoms with Crippen LogP contribution in [0.15, 0.2) is 36.4 Å². The molecule has 0 amide bonds. The van der Waals surface area contributed by atoms with Gasteiger partial charge in [0.2, 0.25) is 0 Å². The first-order valence-corrected chi connectivity index (χ1v) is 6.61. The van der Waals surface area contributed by atoms with Gasteiger partial charge in [-0.2, -0.15) is 0 Å². The second kappa shape index (κ2) is 5.13. The highest BCUT2D eigenvalue weighted by molar-refractivity contribution is 6.32. The molecule has 5 heteroatoms. The van der Waals surface area contributed by atoms with Crippen molar-refractivity contribution < 1.29 is 14.6 Å². The van der Waals surface area contributed by atoms with Gasteiger partial charge in [-0.15, -0.1) is 0 Å². The van der Waals surface area contributed by atoms with Crippen LogP contribution < -0.4 is 14.8 Å². The van der Waals surface area contributed by atoms with Crippen molar-refractivity contribution in [3.05, 3.63) is 47.0 Å². The van der Waals surface area contributed by atoms with E-state index in [1.54, 1.807) is 19.2 Å². The molecule has 0 aromatic heterocycles. The lowest BCUT2D eigenvalue weighted by atomic mass is 10.1. The van der Waals surface area contributed by atoms with Crippen molar-refractivity contribution in [3.8, 4) is 17.2 Å². The molecule has 0 fully saturated rings. The van der Waals surface area contributed by atoms with E-state index in [1.807, 2.05) is 24.3 Å². The zero-order chi connectivity index (χ0) is 14.1. The lowest BCUT2D eigenvalue weighted by molar-refractivity contribution is 0.338. The van der Waals surface area contributed by atoms with Gasteiger partial charge in [-0.05, 0) is 30.3 Å². The number of aromatic hydroxyl groups is 1. The van der Waals surface area contributed by atoms with E-state index in [-0.39, 0.29) is 11.8 Å². The number of phenols is 1. The van der Waals surface area contributed by atoms with E-state index in [0.29, 0.717) is 23.1 Å². The molecule has 1 atom stereocenters. The number of fused-ring (bicyclic) bond motifs is 1. The fraction of sp³-hybridized carbons (Fsp3) is 0.200. The number of benzene rings is 2. The van der Waals surface area contributed by atoms with Crippen LogP contribution in [0.2, 0.25) is 5.02 Å². The number of phenolic OH excluding ortho intramolecular Hbond substituents is 1. The molecule has 0 saturated heterocycles. The minimum Gasteiger partial charge on any atom is -0.508 e. The van der Waals surface area contributed by atoms with E-state index in [0.717, 1.165) is 11.3 Å². The standard InChI is InChI=1S/C15H14ClNO3/c1-19-14-5-2-9(6-12(14)16)17-13-8-20-15-7-10(18)3-4-11(13)15/h2-7,13,17-18H,8H2,1H3. The molecule has 0 saturated carbocycles. The van der Waals surface area contributed by atoms with Crippen molar-refractivity contribution >= 4 is 17.3 Å². The van der Waals surface area contributed by atoms with E-state index in [4.69, 9.17) is 21.1 Å². The molecule has 1 heterocycles. The largest absolute Gasteiger partial charge is 0.508 e. The van der Waals surface area contributed by atoms with E-state index >= 15 is 0 Å². The van der Waals surface area contributed by atoms with Crippen LogP contribution >= 0.6 is 11.6 Å². The first kappa shape index (κ1) is 12.9. The molecule has 2 aromatic rings. The summed E-state index contributed by atoms with van der Waals surface area (Å²) in [5.41, 5.74) is 1.92. The molecule has 0 aliphatic carbocycles. The van der Waals surface area contributed by atoms with Gasteiger partial charge in [0.15, 0.2) is 0 Å². The van der Waals surface area contributed by atoms with Crippen molar-refractivity contribution in [1.29, 1.82) is 0 Å². The monoisotopic (exact) mass is 291 g/mol. The highest BCUT2D eigenvalue weighted by Gasteiger charge is 2.24. The molecule has 4 nitrogen and oxygen atoms in total. The summed E-state index contributed by atoms with van der Waals surface area (Å²) in [7, 11) is 1.59. The Balaban J connectivity index is 1.82. The summed E-state index contributed by atoms with van der Waals surface area (Å²) in [6.07, 6.45) is 0. The van der Waals surface area contributed by atoms with Crippen LogP contribution in [0.1, 0.15) is 11.6 Å². The summed E-state index contributed by atoms with van der Waals surface area (Å²) in [6, 6.07) is 10.7. The Labute approximate surface area is 121 Å². The third kappa shape index (κ3) is 2.34. The van der Waals surface area contributed by atoms with Gasteiger partial charge in [-0.3, -0.25) is 0 Å². The molecular weight excluding hydrogens is 278 g/mol. The molecule has 3 rings (SSSR count). The Kier molecular flexibility index (Phi) is 3.32. The average Bonchev–Trinajstić information content (AvgIpc) is 2.81. The van der Waals surface area contributed by atoms with Gasteiger partial charge in [-0.25, -0.2) is 0 Å². The summed E-state index contributed by atoms with van der Waals surface area (Å²) in [5, 5.41) is 13.4. The highest BCUT2D eigenvalue weighted by Crippen LogP contribution is 2.37. The van der Waals surface area contributed by atoms with Gasteiger partial charge < -0.3 is 19.9 Å². The third-order valence-corrected chi connectivity index (χ3v) is 3.57. The fourth-order valence-corrected chi connectivity index (χ4v) is 2.53. The highest BCUT2D eigenvalue weighted by atomic mass is 35.5. The number of ether oxygens (including phenoxy) is 2. The Hall–Kier alpha value is -2.07. The summed E-state index contributed by atoms with van der Waals surface area (Å²) in [5.74, 6) is 1.56. The van der Waals surface area contributed by atoms with E-state index in [1.165, 1.54) is 0 Å². The van der Waals surface area contributed by atoms with Crippen LogP contribution in [0.3, 0.4) is 0 Å². The lowest BCUT2D eigenvalue weighted by Gasteiger charge is -2.14. The first-order valence-electron chi connectivity index (χ1n) is 6.23. The van der Waals surface area contributed by atoms with Gasteiger partial charge in [0.25, 0.3) is 0 Å². The molecular formula is C15H14ClNO3.